The van der Waals surface area contributed by atoms with Gasteiger partial charge in [-0.15, -0.1) is 0 Å². The molecule has 1 aliphatic carbocycles. The van der Waals surface area contributed by atoms with E-state index in [1.165, 1.54) is 16.7 Å². The first-order valence-electron chi connectivity index (χ1n) is 11.8. The lowest BCUT2D eigenvalue weighted by molar-refractivity contribution is 0.466. The molecule has 0 aromatic heterocycles. The van der Waals surface area contributed by atoms with E-state index in [-0.39, 0.29) is 6.04 Å². The highest BCUT2D eigenvalue weighted by atomic mass is 15.0. The molecule has 0 heterocycles. The summed E-state index contributed by atoms with van der Waals surface area (Å²) in [5.74, 6) is 0.506. The van der Waals surface area contributed by atoms with Crippen LogP contribution in [0.25, 0.3) is 0 Å². The summed E-state index contributed by atoms with van der Waals surface area (Å²) < 4.78 is 0. The van der Waals surface area contributed by atoms with Gasteiger partial charge in [-0.05, 0) is 70.4 Å². The minimum absolute atomic E-state index is 0.143. The quantitative estimate of drug-likeness (QED) is 0.213. The Bertz CT molecular complexity index is 842. The normalized spacial score (nSPS) is 16.3. The molecule has 0 fully saturated rings. The molecule has 2 heteroatoms. The molecule has 2 N–H and O–H groups in total. The zero-order valence-electron chi connectivity index (χ0n) is 21.1. The molecule has 2 unspecified atom stereocenters. The maximum Gasteiger partial charge on any atom is 0.0538 e. The van der Waals surface area contributed by atoms with E-state index in [1.54, 1.807) is 0 Å². The molecular weight excluding hydrogens is 388 g/mol. The summed E-state index contributed by atoms with van der Waals surface area (Å²) in [5.41, 5.74) is 7.64. The lowest BCUT2D eigenvalue weighted by atomic mass is 9.82. The van der Waals surface area contributed by atoms with E-state index in [0.717, 1.165) is 54.8 Å². The third-order valence-electron chi connectivity index (χ3n) is 5.93. The predicted molar refractivity (Wildman–Crippen MR) is 144 cm³/mol. The minimum Gasteiger partial charge on any atom is -0.377 e. The molecular formula is C30H44N2. The second-order valence-corrected chi connectivity index (χ2v) is 8.62. The van der Waals surface area contributed by atoms with Crippen LogP contribution in [0.4, 0.5) is 0 Å². The predicted octanol–water partition coefficient (Wildman–Crippen LogP) is 8.20. The van der Waals surface area contributed by atoms with Crippen molar-refractivity contribution < 1.29 is 0 Å². The van der Waals surface area contributed by atoms with Crippen LogP contribution in [0.15, 0.2) is 108 Å². The zero-order chi connectivity index (χ0) is 24.1. The number of rotatable bonds is 14. The number of allylic oxidation sites excluding steroid dienone is 10. The molecule has 0 saturated heterocycles. The van der Waals surface area contributed by atoms with Gasteiger partial charge in [0.25, 0.3) is 0 Å². The van der Waals surface area contributed by atoms with Gasteiger partial charge in [-0.3, -0.25) is 0 Å². The van der Waals surface area contributed by atoms with Crippen LogP contribution in [0.3, 0.4) is 0 Å². The molecule has 0 aromatic carbocycles. The Morgan fingerprint density at radius 2 is 1.75 bits per heavy atom. The Labute approximate surface area is 197 Å². The fourth-order valence-corrected chi connectivity index (χ4v) is 3.91. The van der Waals surface area contributed by atoms with Gasteiger partial charge in [-0.25, -0.2) is 0 Å². The van der Waals surface area contributed by atoms with Crippen molar-refractivity contribution in [2.45, 2.75) is 72.8 Å². The van der Waals surface area contributed by atoms with Gasteiger partial charge >= 0.3 is 0 Å². The van der Waals surface area contributed by atoms with Crippen LogP contribution >= 0.6 is 0 Å². The van der Waals surface area contributed by atoms with E-state index < -0.39 is 0 Å². The first kappa shape index (κ1) is 27.3. The third kappa shape index (κ3) is 9.18. The summed E-state index contributed by atoms with van der Waals surface area (Å²) in [4.78, 5) is 0. The van der Waals surface area contributed by atoms with Gasteiger partial charge in [0.05, 0.1) is 11.4 Å². The number of hydrogen-bond acceptors (Lipinski definition) is 2. The molecule has 1 aliphatic rings. The van der Waals surface area contributed by atoms with E-state index in [9.17, 15) is 0 Å². The number of nitrogens with one attached hydrogen (secondary N) is 2. The second kappa shape index (κ2) is 14.3. The van der Waals surface area contributed by atoms with Crippen molar-refractivity contribution in [3.63, 3.8) is 0 Å². The topological polar surface area (TPSA) is 24.1 Å². The van der Waals surface area contributed by atoms with Gasteiger partial charge in [-0.1, -0.05) is 86.9 Å². The Balaban J connectivity index is 2.74. The standard InChI is InChI=1S/C30H44N2/c1-10-13-14-18-27(11-2)20-24(7)31-25(8)26(9)32-30(22(4)5)21-28(12-3)29-19-16-15-17-23(29)6/h10-11,13-14,17-19,28,30-32H,4,7-9,12,15-16,20-21H2,1-3,5-6H3/b13-10-,18-14-,27-11+. The molecule has 2 atom stereocenters. The van der Waals surface area contributed by atoms with Gasteiger partial charge in [0.15, 0.2) is 0 Å². The summed E-state index contributed by atoms with van der Waals surface area (Å²) in [6.45, 7) is 27.5. The first-order chi connectivity index (χ1) is 15.2. The fraction of sp³-hybridized carbons (Fsp3) is 0.400. The van der Waals surface area contributed by atoms with Crippen molar-refractivity contribution in [1.29, 1.82) is 0 Å². The van der Waals surface area contributed by atoms with Gasteiger partial charge < -0.3 is 10.6 Å². The lowest BCUT2D eigenvalue weighted by Gasteiger charge is -2.29. The summed E-state index contributed by atoms with van der Waals surface area (Å²) in [6.07, 6.45) is 20.2. The molecule has 0 aromatic rings. The second-order valence-electron chi connectivity index (χ2n) is 8.62. The van der Waals surface area contributed by atoms with Crippen LogP contribution in [0.1, 0.15) is 66.7 Å². The average molecular weight is 433 g/mol. The fourth-order valence-electron chi connectivity index (χ4n) is 3.91. The molecule has 1 rings (SSSR count). The highest BCUT2D eigenvalue weighted by Gasteiger charge is 2.22. The minimum atomic E-state index is 0.143. The molecule has 2 nitrogen and oxygen atoms in total. The van der Waals surface area contributed by atoms with Crippen LogP contribution < -0.4 is 10.6 Å². The highest BCUT2D eigenvalue weighted by Crippen LogP contribution is 2.31. The van der Waals surface area contributed by atoms with Crippen molar-refractivity contribution in [3.05, 3.63) is 108 Å². The molecule has 0 bridgehead atoms. The van der Waals surface area contributed by atoms with Crippen LogP contribution in [0.2, 0.25) is 0 Å². The zero-order valence-corrected chi connectivity index (χ0v) is 21.1. The first-order valence-corrected chi connectivity index (χ1v) is 11.8. The monoisotopic (exact) mass is 432 g/mol. The molecule has 32 heavy (non-hydrogen) atoms. The Kier molecular flexibility index (Phi) is 12.2. The average Bonchev–Trinajstić information content (AvgIpc) is 2.76. The summed E-state index contributed by atoms with van der Waals surface area (Å²) in [6, 6.07) is 0.143. The maximum atomic E-state index is 4.24. The van der Waals surface area contributed by atoms with E-state index in [2.05, 4.69) is 82.0 Å². The third-order valence-corrected chi connectivity index (χ3v) is 5.93. The van der Waals surface area contributed by atoms with Gasteiger partial charge in [0.2, 0.25) is 0 Å². The molecule has 0 aliphatic heterocycles. The van der Waals surface area contributed by atoms with Crippen molar-refractivity contribution in [2.24, 2.45) is 5.92 Å². The molecule has 0 amide bonds. The van der Waals surface area contributed by atoms with Crippen molar-refractivity contribution in [3.8, 4) is 0 Å². The molecule has 0 spiro atoms. The Morgan fingerprint density at radius 3 is 2.31 bits per heavy atom. The maximum absolute atomic E-state index is 4.24. The van der Waals surface area contributed by atoms with Crippen molar-refractivity contribution in [2.75, 3.05) is 0 Å². The van der Waals surface area contributed by atoms with E-state index in [1.807, 2.05) is 32.1 Å². The van der Waals surface area contributed by atoms with Crippen LogP contribution in [0, 0.1) is 5.92 Å². The van der Waals surface area contributed by atoms with Gasteiger partial charge in [0, 0.05) is 18.2 Å². The smallest absolute Gasteiger partial charge is 0.0538 e. The number of hydrogen-bond donors (Lipinski definition) is 2. The summed E-state index contributed by atoms with van der Waals surface area (Å²) >= 11 is 0. The Hall–Kier alpha value is -2.74. The van der Waals surface area contributed by atoms with Crippen LogP contribution in [-0.4, -0.2) is 6.04 Å². The van der Waals surface area contributed by atoms with Gasteiger partial charge in [-0.2, -0.15) is 0 Å². The Morgan fingerprint density at radius 1 is 1.06 bits per heavy atom. The molecule has 0 saturated carbocycles. The van der Waals surface area contributed by atoms with E-state index in [0.29, 0.717) is 5.92 Å². The van der Waals surface area contributed by atoms with Gasteiger partial charge in [0.1, 0.15) is 0 Å². The van der Waals surface area contributed by atoms with Crippen LogP contribution in [0.5, 0.6) is 0 Å². The SMILES string of the molecule is C=C(CC(/C=C\C=C/C)=C/C)NC(=C)C(=C)NC(CC(CC)C1=CCCC=C1C)C(=C)C. The summed E-state index contributed by atoms with van der Waals surface area (Å²) in [5, 5.41) is 6.89. The van der Waals surface area contributed by atoms with Crippen molar-refractivity contribution >= 4 is 0 Å². The van der Waals surface area contributed by atoms with Crippen molar-refractivity contribution in [1.82, 2.24) is 10.6 Å². The highest BCUT2D eigenvalue weighted by molar-refractivity contribution is 5.35. The lowest BCUT2D eigenvalue weighted by Crippen LogP contribution is -2.34. The molecule has 174 valence electrons. The van der Waals surface area contributed by atoms with E-state index >= 15 is 0 Å². The van der Waals surface area contributed by atoms with E-state index in [4.69, 9.17) is 0 Å². The largest absolute Gasteiger partial charge is 0.377 e. The van der Waals surface area contributed by atoms with Crippen LogP contribution in [-0.2, 0) is 0 Å². The summed E-state index contributed by atoms with van der Waals surface area (Å²) in [7, 11) is 0. The molecule has 0 radical (unpaired) electrons.